The maximum absolute atomic E-state index is 12.3. The number of hydrogen-bond donors (Lipinski definition) is 1. The molecule has 0 aliphatic carbocycles. The van der Waals surface area contributed by atoms with E-state index in [1.165, 1.54) is 0 Å². The summed E-state index contributed by atoms with van der Waals surface area (Å²) in [5.41, 5.74) is 3.19. The Hall–Kier alpha value is -2.46. The van der Waals surface area contributed by atoms with E-state index in [9.17, 15) is 43.9 Å². The first-order chi connectivity index (χ1) is 10.5. The van der Waals surface area contributed by atoms with Crippen molar-refractivity contribution in [1.82, 2.24) is 0 Å². The molecule has 0 bridgehead atoms. The van der Waals surface area contributed by atoms with Gasteiger partial charge in [-0.25, -0.2) is 43.9 Å². The van der Waals surface area contributed by atoms with Crippen LogP contribution in [0.2, 0.25) is 0 Å². The Labute approximate surface area is 120 Å². The zero-order valence-electron chi connectivity index (χ0n) is 10.4. The van der Waals surface area contributed by atoms with Crippen LogP contribution in [0.3, 0.4) is 0 Å². The number of hydrogen-bond acceptors (Lipinski definition) is 1. The molecule has 0 amide bonds. The zero-order valence-corrected chi connectivity index (χ0v) is 10.4. The summed E-state index contributed by atoms with van der Waals surface area (Å²) in [6.07, 6.45) is 0. The van der Waals surface area contributed by atoms with Gasteiger partial charge in [0.25, 0.3) is 0 Å². The molecule has 2 N–H and O–H groups in total. The molecule has 2 aromatic rings. The maximum Gasteiger partial charge on any atom is 0.200 e. The molecule has 0 saturated carbocycles. The van der Waals surface area contributed by atoms with Crippen LogP contribution in [-0.2, 0) is 0 Å². The first-order valence-corrected chi connectivity index (χ1v) is 5.26. The van der Waals surface area contributed by atoms with Gasteiger partial charge in [0.05, 0.1) is 0 Å². The minimum Gasteiger partial charge on any atom is -0.394 e. The van der Waals surface area contributed by atoms with Crippen LogP contribution in [0.5, 0.6) is 0 Å². The standard InChI is InChI=1S/C6H2F5N.C6HF5/c7-1-2(8)4(10)6(12)5(11)3(1)9;7-2-1-3(8)5(10)6(11)4(2)9/h12H2;1H. The van der Waals surface area contributed by atoms with E-state index < -0.39 is 63.9 Å². The maximum atomic E-state index is 12.3. The molecule has 23 heavy (non-hydrogen) atoms. The highest BCUT2D eigenvalue weighted by Gasteiger charge is 2.23. The highest BCUT2D eigenvalue weighted by molar-refractivity contribution is 5.42. The summed E-state index contributed by atoms with van der Waals surface area (Å²) in [6, 6.07) is -0.0618. The molecule has 0 heterocycles. The summed E-state index contributed by atoms with van der Waals surface area (Å²) in [5.74, 6) is -20.0. The van der Waals surface area contributed by atoms with E-state index in [-0.39, 0.29) is 6.07 Å². The van der Waals surface area contributed by atoms with Crippen LogP contribution in [0.25, 0.3) is 0 Å². The van der Waals surface area contributed by atoms with Crippen molar-refractivity contribution in [3.8, 4) is 0 Å². The molecule has 2 rings (SSSR count). The minimum atomic E-state index is -2.21. The van der Waals surface area contributed by atoms with Gasteiger partial charge in [-0.3, -0.25) is 0 Å². The van der Waals surface area contributed by atoms with Gasteiger partial charge in [-0.05, 0) is 0 Å². The van der Waals surface area contributed by atoms with Crippen molar-refractivity contribution in [3.05, 3.63) is 64.2 Å². The fourth-order valence-electron chi connectivity index (χ4n) is 1.17. The molecule has 0 aromatic heterocycles. The van der Waals surface area contributed by atoms with Gasteiger partial charge >= 0.3 is 0 Å². The topological polar surface area (TPSA) is 26.0 Å². The van der Waals surface area contributed by atoms with Crippen LogP contribution in [0.1, 0.15) is 0 Å². The molecule has 0 aliphatic rings. The third-order valence-corrected chi connectivity index (χ3v) is 2.30. The second-order valence-corrected chi connectivity index (χ2v) is 3.77. The fourth-order valence-corrected chi connectivity index (χ4v) is 1.17. The quantitative estimate of drug-likeness (QED) is 0.325. The SMILES string of the molecule is Fc1cc(F)c(F)c(F)c1F.Nc1c(F)c(F)c(F)c(F)c1F. The Morgan fingerprint density at radius 3 is 1.04 bits per heavy atom. The molecule has 2 aromatic carbocycles. The first-order valence-electron chi connectivity index (χ1n) is 5.26. The second kappa shape index (κ2) is 6.75. The third kappa shape index (κ3) is 3.48. The van der Waals surface area contributed by atoms with Crippen molar-refractivity contribution in [2.24, 2.45) is 0 Å². The van der Waals surface area contributed by atoms with E-state index in [1.54, 1.807) is 0 Å². The van der Waals surface area contributed by atoms with Crippen LogP contribution in [0.15, 0.2) is 6.07 Å². The second-order valence-electron chi connectivity index (χ2n) is 3.77. The van der Waals surface area contributed by atoms with Gasteiger partial charge < -0.3 is 5.73 Å². The average molecular weight is 351 g/mol. The minimum absolute atomic E-state index is 0.0618. The number of rotatable bonds is 0. The molecular weight excluding hydrogens is 348 g/mol. The normalized spacial score (nSPS) is 10.3. The molecule has 0 fully saturated rings. The van der Waals surface area contributed by atoms with Crippen LogP contribution in [-0.4, -0.2) is 0 Å². The van der Waals surface area contributed by atoms with Gasteiger partial charge in [-0.1, -0.05) is 0 Å². The van der Waals surface area contributed by atoms with E-state index in [0.717, 1.165) is 0 Å². The molecule has 0 atom stereocenters. The lowest BCUT2D eigenvalue weighted by molar-refractivity contribution is 0.378. The highest BCUT2D eigenvalue weighted by atomic mass is 19.2. The van der Waals surface area contributed by atoms with E-state index in [2.05, 4.69) is 5.73 Å². The van der Waals surface area contributed by atoms with Gasteiger partial charge in [0, 0.05) is 6.07 Å². The third-order valence-electron chi connectivity index (χ3n) is 2.30. The van der Waals surface area contributed by atoms with Crippen LogP contribution in [0.4, 0.5) is 49.6 Å². The van der Waals surface area contributed by atoms with E-state index in [4.69, 9.17) is 0 Å². The van der Waals surface area contributed by atoms with Gasteiger partial charge in [0.15, 0.2) is 46.5 Å². The summed E-state index contributed by atoms with van der Waals surface area (Å²) in [7, 11) is 0. The highest BCUT2D eigenvalue weighted by Crippen LogP contribution is 2.24. The lowest BCUT2D eigenvalue weighted by Crippen LogP contribution is -2.05. The van der Waals surface area contributed by atoms with Gasteiger partial charge in [-0.2, -0.15) is 0 Å². The Morgan fingerprint density at radius 2 is 0.696 bits per heavy atom. The van der Waals surface area contributed by atoms with Crippen LogP contribution in [0, 0.1) is 58.2 Å². The summed E-state index contributed by atoms with van der Waals surface area (Å²) >= 11 is 0. The predicted octanol–water partition coefficient (Wildman–Crippen LogP) is 4.35. The molecule has 11 heteroatoms. The molecule has 126 valence electrons. The van der Waals surface area contributed by atoms with E-state index >= 15 is 0 Å². The van der Waals surface area contributed by atoms with Crippen LogP contribution < -0.4 is 5.73 Å². The summed E-state index contributed by atoms with van der Waals surface area (Å²) in [6.45, 7) is 0. The number of nitrogens with two attached hydrogens (primary N) is 1. The van der Waals surface area contributed by atoms with E-state index in [0.29, 0.717) is 0 Å². The largest absolute Gasteiger partial charge is 0.394 e. The smallest absolute Gasteiger partial charge is 0.200 e. The molecule has 0 aliphatic heterocycles. The Morgan fingerprint density at radius 1 is 0.435 bits per heavy atom. The molecule has 0 saturated heterocycles. The van der Waals surface area contributed by atoms with Crippen LogP contribution >= 0.6 is 0 Å². The number of benzene rings is 2. The number of halogens is 10. The molecule has 1 nitrogen and oxygen atoms in total. The Kier molecular flexibility index (Phi) is 5.46. The Balaban J connectivity index is 0.000000231. The van der Waals surface area contributed by atoms with Crippen molar-refractivity contribution in [2.45, 2.75) is 0 Å². The lowest BCUT2D eigenvalue weighted by Gasteiger charge is -2.02. The van der Waals surface area contributed by atoms with Crippen molar-refractivity contribution < 1.29 is 43.9 Å². The Bertz CT molecular complexity index is 627. The summed E-state index contributed by atoms with van der Waals surface area (Å²) in [4.78, 5) is 0. The van der Waals surface area contributed by atoms with Gasteiger partial charge in [0.1, 0.15) is 5.69 Å². The molecule has 0 spiro atoms. The average Bonchev–Trinajstić information content (AvgIpc) is 2.53. The zero-order chi connectivity index (χ0) is 18.1. The summed E-state index contributed by atoms with van der Waals surface area (Å²) < 4.78 is 121. The number of anilines is 1. The van der Waals surface area contributed by atoms with E-state index in [1.807, 2.05) is 0 Å². The monoisotopic (exact) mass is 351 g/mol. The molecule has 0 radical (unpaired) electrons. The van der Waals surface area contributed by atoms with Crippen molar-refractivity contribution >= 4 is 5.69 Å². The van der Waals surface area contributed by atoms with Crippen molar-refractivity contribution in [2.75, 3.05) is 5.73 Å². The first kappa shape index (κ1) is 18.6. The molecular formula is C12H3F10N. The van der Waals surface area contributed by atoms with Gasteiger partial charge in [-0.15, -0.1) is 0 Å². The molecule has 0 unspecified atom stereocenters. The number of nitrogen functional groups attached to an aromatic ring is 1. The fraction of sp³-hybridized carbons (Fsp3) is 0. The summed E-state index contributed by atoms with van der Waals surface area (Å²) in [5, 5.41) is 0. The lowest BCUT2D eigenvalue weighted by atomic mass is 10.2. The van der Waals surface area contributed by atoms with Crippen molar-refractivity contribution in [3.63, 3.8) is 0 Å². The van der Waals surface area contributed by atoms with Gasteiger partial charge in [0.2, 0.25) is 11.6 Å². The van der Waals surface area contributed by atoms with Crippen molar-refractivity contribution in [1.29, 1.82) is 0 Å². The predicted molar refractivity (Wildman–Crippen MR) is 56.9 cm³/mol.